The number of carbonyl (C=O) groups excluding carboxylic acids is 1. The molecule has 0 spiro atoms. The molecule has 152 valence electrons. The highest BCUT2D eigenvalue weighted by atomic mass is 32.1. The van der Waals surface area contributed by atoms with Gasteiger partial charge in [-0.25, -0.2) is 4.98 Å². The number of nitrogens with zero attached hydrogens (tertiary/aromatic N) is 3. The maximum Gasteiger partial charge on any atom is 0.252 e. The Labute approximate surface area is 183 Å². The molecule has 0 unspecified atom stereocenters. The molecule has 31 heavy (non-hydrogen) atoms. The van der Waals surface area contributed by atoms with E-state index < -0.39 is 0 Å². The number of H-pyrrole nitrogens is 1. The molecular weight excluding hydrogens is 406 g/mol. The van der Waals surface area contributed by atoms with Gasteiger partial charge in [-0.15, -0.1) is 0 Å². The van der Waals surface area contributed by atoms with Crippen molar-refractivity contribution >= 4 is 39.8 Å². The number of pyridine rings is 1. The normalized spacial score (nSPS) is 11.1. The number of benzene rings is 3. The number of nitrogens with one attached hydrogen (secondary N) is 2. The minimum absolute atomic E-state index is 0.186. The van der Waals surface area contributed by atoms with Crippen LogP contribution in [0.4, 0.5) is 0 Å². The zero-order chi connectivity index (χ0) is 21.4. The summed E-state index contributed by atoms with van der Waals surface area (Å²) in [5.74, 6) is 0.472. The van der Waals surface area contributed by atoms with Crippen molar-refractivity contribution < 1.29 is 4.79 Å². The lowest BCUT2D eigenvalue weighted by molar-refractivity contribution is 0.0951. The molecule has 0 aliphatic heterocycles. The van der Waals surface area contributed by atoms with Gasteiger partial charge >= 0.3 is 0 Å². The summed E-state index contributed by atoms with van der Waals surface area (Å²) >= 11 is 5.14. The predicted molar refractivity (Wildman–Crippen MR) is 124 cm³/mol. The van der Waals surface area contributed by atoms with Crippen molar-refractivity contribution in [2.75, 3.05) is 0 Å². The van der Waals surface area contributed by atoms with Crippen molar-refractivity contribution in [1.29, 1.82) is 0 Å². The molecule has 0 saturated heterocycles. The summed E-state index contributed by atoms with van der Waals surface area (Å²) < 4.78 is 2.25. The van der Waals surface area contributed by atoms with Crippen molar-refractivity contribution in [2.45, 2.75) is 6.54 Å². The highest BCUT2D eigenvalue weighted by molar-refractivity contribution is 7.71. The van der Waals surface area contributed by atoms with Gasteiger partial charge in [0.25, 0.3) is 5.91 Å². The Bertz CT molecular complexity index is 1500. The van der Waals surface area contributed by atoms with Crippen LogP contribution in [0.3, 0.4) is 0 Å². The summed E-state index contributed by atoms with van der Waals surface area (Å²) in [6, 6.07) is 23.9. The molecule has 0 saturated carbocycles. The third-order valence-electron chi connectivity index (χ3n) is 5.41. The van der Waals surface area contributed by atoms with E-state index in [-0.39, 0.29) is 12.5 Å². The number of para-hydroxylation sites is 1. The fraction of sp³-hybridized carbons (Fsp3) is 0.0833. The predicted octanol–water partition coefficient (Wildman–Crippen LogP) is 4.78. The number of carbonyl (C=O) groups is 1. The maximum absolute atomic E-state index is 13.2. The van der Waals surface area contributed by atoms with E-state index in [1.54, 1.807) is 4.57 Å². The molecule has 3 aromatic carbocycles. The number of aromatic amines is 1. The quantitative estimate of drug-likeness (QED) is 0.407. The molecule has 2 aromatic heterocycles. The molecule has 2 N–H and O–H groups in total. The Hall–Kier alpha value is -3.84. The highest BCUT2D eigenvalue weighted by Gasteiger charge is 2.16. The first-order chi connectivity index (χ1) is 15.1. The Balaban J connectivity index is 1.60. The molecule has 0 atom stereocenters. The summed E-state index contributed by atoms with van der Waals surface area (Å²) in [6.45, 7) is 0.267. The third kappa shape index (κ3) is 3.49. The molecule has 0 fully saturated rings. The standard InChI is InChI=1S/C24H19N5OS/c1-29-22(27-28-24(29)31)14-25-23(30)19-13-21(26-20-12-5-4-10-18(19)20)17-11-6-8-15-7-2-3-9-16(15)17/h2-13H,14H2,1H3,(H,25,30)(H,28,31). The van der Waals surface area contributed by atoms with Crippen LogP contribution in [0.5, 0.6) is 0 Å². The Morgan fingerprint density at radius 1 is 1.03 bits per heavy atom. The highest BCUT2D eigenvalue weighted by Crippen LogP contribution is 2.30. The Kier molecular flexibility index (Phi) is 4.80. The van der Waals surface area contributed by atoms with Gasteiger partial charge in [0.05, 0.1) is 23.3 Å². The van der Waals surface area contributed by atoms with Crippen LogP contribution in [0, 0.1) is 4.77 Å². The summed E-state index contributed by atoms with van der Waals surface area (Å²) in [4.78, 5) is 18.0. The van der Waals surface area contributed by atoms with Gasteiger partial charge in [0.2, 0.25) is 0 Å². The van der Waals surface area contributed by atoms with Crippen LogP contribution in [0.25, 0.3) is 32.9 Å². The van der Waals surface area contributed by atoms with Crippen LogP contribution in [0.1, 0.15) is 16.2 Å². The molecule has 5 aromatic rings. The van der Waals surface area contributed by atoms with Crippen molar-refractivity contribution in [1.82, 2.24) is 25.1 Å². The average molecular weight is 426 g/mol. The van der Waals surface area contributed by atoms with Crippen LogP contribution < -0.4 is 5.32 Å². The minimum Gasteiger partial charge on any atom is -0.345 e. The van der Waals surface area contributed by atoms with Gasteiger partial charge in [0.15, 0.2) is 10.6 Å². The fourth-order valence-corrected chi connectivity index (χ4v) is 3.89. The van der Waals surface area contributed by atoms with Gasteiger partial charge in [-0.3, -0.25) is 9.89 Å². The van der Waals surface area contributed by atoms with Crippen molar-refractivity contribution in [3.05, 3.63) is 89.0 Å². The molecule has 0 aliphatic rings. The van der Waals surface area contributed by atoms with Gasteiger partial charge < -0.3 is 9.88 Å². The van der Waals surface area contributed by atoms with Crippen LogP contribution in [0.15, 0.2) is 72.8 Å². The van der Waals surface area contributed by atoms with E-state index in [2.05, 4.69) is 33.7 Å². The van der Waals surface area contributed by atoms with Gasteiger partial charge in [-0.05, 0) is 35.1 Å². The monoisotopic (exact) mass is 425 g/mol. The van der Waals surface area contributed by atoms with E-state index in [0.29, 0.717) is 16.2 Å². The molecule has 5 rings (SSSR count). The molecule has 6 nitrogen and oxygen atoms in total. The first kappa shape index (κ1) is 19.1. The molecule has 2 heterocycles. The second-order valence-electron chi connectivity index (χ2n) is 7.29. The summed E-state index contributed by atoms with van der Waals surface area (Å²) in [7, 11) is 1.81. The number of hydrogen-bond donors (Lipinski definition) is 2. The molecule has 0 aliphatic carbocycles. The molecular formula is C24H19N5OS. The number of fused-ring (bicyclic) bond motifs is 2. The second kappa shape index (κ2) is 7.77. The van der Waals surface area contributed by atoms with Crippen molar-refractivity contribution in [3.63, 3.8) is 0 Å². The third-order valence-corrected chi connectivity index (χ3v) is 5.77. The average Bonchev–Trinajstić information content (AvgIpc) is 3.13. The van der Waals surface area contributed by atoms with Crippen molar-refractivity contribution in [3.8, 4) is 11.3 Å². The topological polar surface area (TPSA) is 75.6 Å². The number of amides is 1. The van der Waals surface area contributed by atoms with Gasteiger partial charge in [-0.2, -0.15) is 5.10 Å². The summed E-state index contributed by atoms with van der Waals surface area (Å²) in [6.07, 6.45) is 0. The zero-order valence-electron chi connectivity index (χ0n) is 16.8. The number of rotatable bonds is 4. The first-order valence-electron chi connectivity index (χ1n) is 9.88. The maximum atomic E-state index is 13.2. The van der Waals surface area contributed by atoms with E-state index in [0.717, 1.165) is 32.9 Å². The SMILES string of the molecule is Cn1c(CNC(=O)c2cc(-c3cccc4ccccc34)nc3ccccc23)n[nH]c1=S. The zero-order valence-corrected chi connectivity index (χ0v) is 17.6. The van der Waals surface area contributed by atoms with E-state index in [9.17, 15) is 4.79 Å². The van der Waals surface area contributed by atoms with Crippen LogP contribution in [-0.4, -0.2) is 25.7 Å². The van der Waals surface area contributed by atoms with Gasteiger partial charge in [0, 0.05) is 18.0 Å². The van der Waals surface area contributed by atoms with E-state index in [4.69, 9.17) is 17.2 Å². The fourth-order valence-electron chi connectivity index (χ4n) is 3.74. The minimum atomic E-state index is -0.186. The lowest BCUT2D eigenvalue weighted by Gasteiger charge is -2.12. The van der Waals surface area contributed by atoms with Crippen LogP contribution in [0.2, 0.25) is 0 Å². The van der Waals surface area contributed by atoms with E-state index in [1.165, 1.54) is 0 Å². The lowest BCUT2D eigenvalue weighted by Crippen LogP contribution is -2.25. The Morgan fingerprint density at radius 3 is 2.58 bits per heavy atom. The number of hydrogen-bond acceptors (Lipinski definition) is 4. The van der Waals surface area contributed by atoms with Gasteiger partial charge in [-0.1, -0.05) is 60.7 Å². The molecule has 0 bridgehead atoms. The van der Waals surface area contributed by atoms with E-state index in [1.807, 2.05) is 61.6 Å². The second-order valence-corrected chi connectivity index (χ2v) is 7.67. The smallest absolute Gasteiger partial charge is 0.252 e. The molecule has 1 amide bonds. The Morgan fingerprint density at radius 2 is 1.77 bits per heavy atom. The van der Waals surface area contributed by atoms with Crippen LogP contribution in [-0.2, 0) is 13.6 Å². The van der Waals surface area contributed by atoms with Gasteiger partial charge in [0.1, 0.15) is 0 Å². The summed E-state index contributed by atoms with van der Waals surface area (Å²) in [5.41, 5.74) is 3.10. The van der Waals surface area contributed by atoms with E-state index >= 15 is 0 Å². The number of aromatic nitrogens is 4. The first-order valence-corrected chi connectivity index (χ1v) is 10.3. The largest absolute Gasteiger partial charge is 0.345 e. The molecule has 0 radical (unpaired) electrons. The van der Waals surface area contributed by atoms with Crippen LogP contribution >= 0.6 is 12.2 Å². The van der Waals surface area contributed by atoms with Crippen molar-refractivity contribution in [2.24, 2.45) is 7.05 Å². The molecule has 7 heteroatoms. The summed E-state index contributed by atoms with van der Waals surface area (Å²) in [5, 5.41) is 12.9. The lowest BCUT2D eigenvalue weighted by atomic mass is 9.99.